The molecule has 0 saturated heterocycles. The number of nitrogens with one attached hydrogen (secondary N) is 2. The molecule has 1 unspecified atom stereocenters. The second-order valence-electron chi connectivity index (χ2n) is 3.97. The molecule has 2 rings (SSSR count). The lowest BCUT2D eigenvalue weighted by molar-refractivity contribution is -0.139. The Hall–Kier alpha value is -2.54. The molecule has 0 spiro atoms. The number of amides is 2. The van der Waals surface area contributed by atoms with Gasteiger partial charge in [0.1, 0.15) is 0 Å². The summed E-state index contributed by atoms with van der Waals surface area (Å²) in [6, 6.07) is 8.41. The molecule has 1 aromatic heterocycles. The number of hydrogen-bond donors (Lipinski definition) is 4. The molecule has 104 valence electrons. The zero-order chi connectivity index (χ0) is 14.5. The molecular formula is C13H13N3O3S. The summed E-state index contributed by atoms with van der Waals surface area (Å²) in [5, 5.41) is 15.8. The average molecular weight is 291 g/mol. The quantitative estimate of drug-likeness (QED) is 0.648. The van der Waals surface area contributed by atoms with Gasteiger partial charge in [-0.2, -0.15) is 0 Å². The smallest absolute Gasteiger partial charge is 0.331 e. The van der Waals surface area contributed by atoms with Crippen molar-refractivity contribution in [1.82, 2.24) is 5.32 Å². The van der Waals surface area contributed by atoms with E-state index in [2.05, 4.69) is 10.6 Å². The van der Waals surface area contributed by atoms with Crippen molar-refractivity contribution >= 4 is 34.7 Å². The molecule has 5 N–H and O–H groups in total. The second kappa shape index (κ2) is 6.07. The van der Waals surface area contributed by atoms with Crippen molar-refractivity contribution in [1.29, 1.82) is 0 Å². The number of carbonyl (C=O) groups excluding carboxylic acids is 1. The molecule has 0 fully saturated rings. The Morgan fingerprint density at radius 2 is 1.95 bits per heavy atom. The first kappa shape index (κ1) is 13.9. The first-order valence-corrected chi connectivity index (χ1v) is 6.64. The predicted molar refractivity (Wildman–Crippen MR) is 77.7 cm³/mol. The van der Waals surface area contributed by atoms with Crippen LogP contribution < -0.4 is 16.4 Å². The average Bonchev–Trinajstić information content (AvgIpc) is 2.92. The molecule has 2 aromatic rings. The van der Waals surface area contributed by atoms with Crippen LogP contribution in [0.15, 0.2) is 41.8 Å². The summed E-state index contributed by atoms with van der Waals surface area (Å²) in [6.07, 6.45) is 0. The van der Waals surface area contributed by atoms with Crippen molar-refractivity contribution in [3.05, 3.63) is 46.7 Å². The molecule has 0 radical (unpaired) electrons. The first-order valence-electron chi connectivity index (χ1n) is 5.76. The maximum atomic E-state index is 11.8. The molecule has 0 saturated carbocycles. The minimum Gasteiger partial charge on any atom is -0.479 e. The molecule has 0 aliphatic carbocycles. The van der Waals surface area contributed by atoms with Crippen molar-refractivity contribution in [3.8, 4) is 0 Å². The second-order valence-corrected chi connectivity index (χ2v) is 4.95. The van der Waals surface area contributed by atoms with Crippen LogP contribution in [0.1, 0.15) is 10.9 Å². The van der Waals surface area contributed by atoms with Crippen LogP contribution in [0.4, 0.5) is 16.2 Å². The third-order valence-electron chi connectivity index (χ3n) is 2.56. The van der Waals surface area contributed by atoms with Crippen LogP contribution in [-0.4, -0.2) is 17.1 Å². The number of para-hydroxylation sites is 2. The summed E-state index contributed by atoms with van der Waals surface area (Å²) in [5.41, 5.74) is 6.54. The van der Waals surface area contributed by atoms with Crippen LogP contribution in [-0.2, 0) is 4.79 Å². The molecule has 7 heteroatoms. The van der Waals surface area contributed by atoms with E-state index in [1.165, 1.54) is 11.3 Å². The highest BCUT2D eigenvalue weighted by atomic mass is 32.1. The molecule has 0 aliphatic heterocycles. The number of hydrogen-bond acceptors (Lipinski definition) is 4. The fraction of sp³-hybridized carbons (Fsp3) is 0.0769. The fourth-order valence-electron chi connectivity index (χ4n) is 1.61. The van der Waals surface area contributed by atoms with Crippen LogP contribution in [0.5, 0.6) is 0 Å². The molecule has 2 amide bonds. The molecule has 1 heterocycles. The summed E-state index contributed by atoms with van der Waals surface area (Å²) in [6.45, 7) is 0. The van der Waals surface area contributed by atoms with E-state index in [4.69, 9.17) is 10.8 Å². The largest absolute Gasteiger partial charge is 0.479 e. The highest BCUT2D eigenvalue weighted by Gasteiger charge is 2.23. The predicted octanol–water partition coefficient (Wildman–Crippen LogP) is 2.28. The molecule has 0 bridgehead atoms. The maximum absolute atomic E-state index is 11.8. The number of nitrogen functional groups attached to an aromatic ring is 1. The van der Waals surface area contributed by atoms with Gasteiger partial charge in [0.05, 0.1) is 11.4 Å². The van der Waals surface area contributed by atoms with Gasteiger partial charge in [-0.25, -0.2) is 9.59 Å². The minimum absolute atomic E-state index is 0.408. The number of carbonyl (C=O) groups is 2. The highest BCUT2D eigenvalue weighted by molar-refractivity contribution is 7.10. The van der Waals surface area contributed by atoms with Gasteiger partial charge in [-0.3, -0.25) is 0 Å². The Kier molecular flexibility index (Phi) is 4.21. The lowest BCUT2D eigenvalue weighted by Crippen LogP contribution is -2.36. The number of carboxylic acids is 1. The summed E-state index contributed by atoms with van der Waals surface area (Å²) in [4.78, 5) is 23.6. The van der Waals surface area contributed by atoms with Crippen LogP contribution in [0, 0.1) is 0 Å². The molecule has 6 nitrogen and oxygen atoms in total. The Labute approximate surface area is 119 Å². The van der Waals surface area contributed by atoms with E-state index in [0.29, 0.717) is 16.3 Å². The summed E-state index contributed by atoms with van der Waals surface area (Å²) < 4.78 is 0. The monoisotopic (exact) mass is 291 g/mol. The lowest BCUT2D eigenvalue weighted by atomic mass is 10.2. The topological polar surface area (TPSA) is 104 Å². The van der Waals surface area contributed by atoms with Gasteiger partial charge in [0.2, 0.25) is 0 Å². The first-order chi connectivity index (χ1) is 9.58. The fourth-order valence-corrected chi connectivity index (χ4v) is 2.38. The van der Waals surface area contributed by atoms with E-state index in [-0.39, 0.29) is 0 Å². The molecule has 1 aromatic carbocycles. The number of carboxylic acid groups (broad SMARTS) is 1. The lowest BCUT2D eigenvalue weighted by Gasteiger charge is -2.14. The number of thiophene rings is 1. The van der Waals surface area contributed by atoms with Gasteiger partial charge in [-0.15, -0.1) is 11.3 Å². The molecule has 1 atom stereocenters. The minimum atomic E-state index is -1.12. The van der Waals surface area contributed by atoms with E-state index in [9.17, 15) is 9.59 Å². The molecule has 20 heavy (non-hydrogen) atoms. The van der Waals surface area contributed by atoms with E-state index in [1.54, 1.807) is 41.8 Å². The Morgan fingerprint density at radius 3 is 2.55 bits per heavy atom. The van der Waals surface area contributed by atoms with E-state index < -0.39 is 18.0 Å². The zero-order valence-electron chi connectivity index (χ0n) is 10.4. The Bertz CT molecular complexity index is 613. The third-order valence-corrected chi connectivity index (χ3v) is 3.50. The van der Waals surface area contributed by atoms with Gasteiger partial charge in [0, 0.05) is 4.88 Å². The standard InChI is InChI=1S/C13H13N3O3S/c14-8-4-1-2-5-9(8)15-13(19)16-11(12(17)18)10-6-3-7-20-10/h1-7,11H,14H2,(H,17,18)(H2,15,16,19). The van der Waals surface area contributed by atoms with Crippen LogP contribution in [0.25, 0.3) is 0 Å². The van der Waals surface area contributed by atoms with Gasteiger partial charge >= 0.3 is 12.0 Å². The zero-order valence-corrected chi connectivity index (χ0v) is 11.2. The normalized spacial score (nSPS) is 11.6. The summed E-state index contributed by atoms with van der Waals surface area (Å²) in [5.74, 6) is -1.12. The van der Waals surface area contributed by atoms with Gasteiger partial charge in [-0.1, -0.05) is 18.2 Å². The van der Waals surface area contributed by atoms with E-state index >= 15 is 0 Å². The molecular weight excluding hydrogens is 278 g/mol. The maximum Gasteiger partial charge on any atom is 0.331 e. The van der Waals surface area contributed by atoms with Crippen molar-refractivity contribution in [2.45, 2.75) is 6.04 Å². The number of nitrogens with two attached hydrogens (primary N) is 1. The SMILES string of the molecule is Nc1ccccc1NC(=O)NC(C(=O)O)c1cccs1. The van der Waals surface area contributed by atoms with Crippen LogP contribution >= 0.6 is 11.3 Å². The van der Waals surface area contributed by atoms with Crippen molar-refractivity contribution in [2.75, 3.05) is 11.1 Å². The van der Waals surface area contributed by atoms with Crippen LogP contribution in [0.3, 0.4) is 0 Å². The van der Waals surface area contributed by atoms with Crippen LogP contribution in [0.2, 0.25) is 0 Å². The van der Waals surface area contributed by atoms with Crippen molar-refractivity contribution in [2.24, 2.45) is 0 Å². The van der Waals surface area contributed by atoms with E-state index in [1.807, 2.05) is 0 Å². The number of urea groups is 1. The van der Waals surface area contributed by atoms with Crippen molar-refractivity contribution < 1.29 is 14.7 Å². The van der Waals surface area contributed by atoms with E-state index in [0.717, 1.165) is 0 Å². The van der Waals surface area contributed by atoms with Gasteiger partial charge in [0.15, 0.2) is 6.04 Å². The Balaban J connectivity index is 2.06. The number of anilines is 2. The third kappa shape index (κ3) is 3.27. The molecule has 0 aliphatic rings. The Morgan fingerprint density at radius 1 is 1.20 bits per heavy atom. The van der Waals surface area contributed by atoms with Gasteiger partial charge < -0.3 is 21.5 Å². The number of aliphatic carboxylic acids is 1. The van der Waals surface area contributed by atoms with Crippen molar-refractivity contribution in [3.63, 3.8) is 0 Å². The summed E-state index contributed by atoms with van der Waals surface area (Å²) in [7, 11) is 0. The summed E-state index contributed by atoms with van der Waals surface area (Å²) >= 11 is 1.26. The van der Waals surface area contributed by atoms with Gasteiger partial charge in [-0.05, 0) is 23.6 Å². The highest BCUT2D eigenvalue weighted by Crippen LogP contribution is 2.20. The number of rotatable bonds is 4. The number of benzene rings is 1. The van der Waals surface area contributed by atoms with Gasteiger partial charge in [0.25, 0.3) is 0 Å².